The van der Waals surface area contributed by atoms with Gasteiger partial charge < -0.3 is 4.74 Å². The van der Waals surface area contributed by atoms with E-state index in [2.05, 4.69) is 4.36 Å². The van der Waals surface area contributed by atoms with E-state index in [1.54, 1.807) is 36.8 Å². The highest BCUT2D eigenvalue weighted by Crippen LogP contribution is 2.22. The molecule has 0 aromatic heterocycles. The van der Waals surface area contributed by atoms with Gasteiger partial charge in [-0.25, -0.2) is 4.21 Å². The zero-order chi connectivity index (χ0) is 14.5. The molecular formula is C14H21NO3S. The molecule has 4 nitrogen and oxygen atoms in total. The molecule has 0 heterocycles. The second-order valence-corrected chi connectivity index (χ2v) is 7.51. The van der Waals surface area contributed by atoms with Crippen molar-refractivity contribution in [3.63, 3.8) is 0 Å². The molecule has 0 saturated carbocycles. The summed E-state index contributed by atoms with van der Waals surface area (Å²) in [5.74, 6) is 0.504. The van der Waals surface area contributed by atoms with Crippen LogP contribution in [0.15, 0.2) is 28.6 Å². The molecule has 106 valence electrons. The van der Waals surface area contributed by atoms with Gasteiger partial charge in [0.2, 0.25) is 0 Å². The van der Waals surface area contributed by atoms with Gasteiger partial charge in [-0.05, 0) is 18.1 Å². The van der Waals surface area contributed by atoms with Crippen LogP contribution in [0, 0.1) is 5.92 Å². The summed E-state index contributed by atoms with van der Waals surface area (Å²) in [4.78, 5) is 11.7. The van der Waals surface area contributed by atoms with Gasteiger partial charge in [0, 0.05) is 34.7 Å². The van der Waals surface area contributed by atoms with Crippen molar-refractivity contribution in [1.29, 1.82) is 0 Å². The molecule has 0 radical (unpaired) electrons. The molecule has 0 saturated heterocycles. The molecule has 1 rings (SSSR count). The van der Waals surface area contributed by atoms with Crippen molar-refractivity contribution in [2.75, 3.05) is 12.5 Å². The van der Waals surface area contributed by atoms with Gasteiger partial charge in [0.25, 0.3) is 0 Å². The highest BCUT2D eigenvalue weighted by atomic mass is 32.2. The van der Waals surface area contributed by atoms with Crippen LogP contribution in [0.3, 0.4) is 0 Å². The van der Waals surface area contributed by atoms with Crippen LogP contribution in [0.4, 0.5) is 5.69 Å². The van der Waals surface area contributed by atoms with Crippen LogP contribution in [0.1, 0.15) is 26.7 Å². The van der Waals surface area contributed by atoms with Crippen molar-refractivity contribution in [3.8, 4) is 5.75 Å². The molecule has 1 aromatic rings. The van der Waals surface area contributed by atoms with E-state index in [1.807, 2.05) is 13.8 Å². The van der Waals surface area contributed by atoms with E-state index in [9.17, 15) is 9.00 Å². The number of carbonyl (C=O) groups excluding carboxylic acids is 1. The number of rotatable bonds is 5. The molecule has 1 atom stereocenters. The molecular weight excluding hydrogens is 262 g/mol. The summed E-state index contributed by atoms with van der Waals surface area (Å²) in [6.07, 6.45) is 4.47. The zero-order valence-electron chi connectivity index (χ0n) is 11.9. The molecule has 0 aliphatic rings. The van der Waals surface area contributed by atoms with Crippen LogP contribution >= 0.6 is 0 Å². The van der Waals surface area contributed by atoms with E-state index in [1.165, 1.54) is 0 Å². The standard InChI is InChI=1S/C14H21NO3S/c1-5-11(2)9-14(16)18-13-8-6-7-12(10-13)15-19(3,4)17/h6-8,10-11H,5,9H2,1-4H3/t11-/m1/s1. The Kier molecular flexibility index (Phi) is 5.54. The van der Waals surface area contributed by atoms with Gasteiger partial charge in [-0.2, -0.15) is 4.36 Å². The zero-order valence-corrected chi connectivity index (χ0v) is 12.7. The maximum absolute atomic E-state index is 11.7. The first-order valence-electron chi connectivity index (χ1n) is 6.28. The average Bonchev–Trinajstić information content (AvgIpc) is 2.26. The Morgan fingerprint density at radius 3 is 2.68 bits per heavy atom. The summed E-state index contributed by atoms with van der Waals surface area (Å²) < 4.78 is 20.9. The molecule has 0 bridgehead atoms. The average molecular weight is 283 g/mol. The SMILES string of the molecule is CC[C@@H](C)CC(=O)Oc1cccc(N=S(C)(C)=O)c1. The molecule has 0 aliphatic carbocycles. The number of carbonyl (C=O) groups is 1. The van der Waals surface area contributed by atoms with Gasteiger partial charge in [0.05, 0.1) is 5.69 Å². The topological polar surface area (TPSA) is 55.7 Å². The number of hydrogen-bond acceptors (Lipinski definition) is 4. The van der Waals surface area contributed by atoms with Crippen molar-refractivity contribution in [2.45, 2.75) is 26.7 Å². The molecule has 0 amide bonds. The molecule has 0 N–H and O–H groups in total. The van der Waals surface area contributed by atoms with Crippen molar-refractivity contribution in [2.24, 2.45) is 10.3 Å². The second kappa shape index (κ2) is 6.70. The van der Waals surface area contributed by atoms with E-state index >= 15 is 0 Å². The minimum atomic E-state index is -2.21. The van der Waals surface area contributed by atoms with E-state index in [-0.39, 0.29) is 5.97 Å². The third-order valence-electron chi connectivity index (χ3n) is 2.59. The van der Waals surface area contributed by atoms with Crippen molar-refractivity contribution in [3.05, 3.63) is 24.3 Å². The van der Waals surface area contributed by atoms with E-state index in [0.717, 1.165) is 6.42 Å². The maximum Gasteiger partial charge on any atom is 0.311 e. The predicted molar refractivity (Wildman–Crippen MR) is 78.2 cm³/mol. The Balaban J connectivity index is 2.78. The van der Waals surface area contributed by atoms with Crippen molar-refractivity contribution in [1.82, 2.24) is 0 Å². The predicted octanol–water partition coefficient (Wildman–Crippen LogP) is 3.39. The highest BCUT2D eigenvalue weighted by Gasteiger charge is 2.10. The minimum Gasteiger partial charge on any atom is -0.426 e. The quantitative estimate of drug-likeness (QED) is 0.615. The summed E-state index contributed by atoms with van der Waals surface area (Å²) in [5, 5.41) is 0. The molecule has 0 aliphatic heterocycles. The Bertz CT molecular complexity index is 552. The van der Waals surface area contributed by atoms with E-state index in [4.69, 9.17) is 4.74 Å². The van der Waals surface area contributed by atoms with E-state index < -0.39 is 9.73 Å². The molecule has 0 fully saturated rings. The third kappa shape index (κ3) is 6.38. The van der Waals surface area contributed by atoms with Crippen LogP contribution in [0.25, 0.3) is 0 Å². The first-order chi connectivity index (χ1) is 8.80. The van der Waals surface area contributed by atoms with Crippen LogP contribution in [0.2, 0.25) is 0 Å². The second-order valence-electron chi connectivity index (χ2n) is 4.96. The first kappa shape index (κ1) is 15.7. The Morgan fingerprint density at radius 2 is 2.11 bits per heavy atom. The monoisotopic (exact) mass is 283 g/mol. The van der Waals surface area contributed by atoms with Crippen molar-refractivity contribution < 1.29 is 13.7 Å². The van der Waals surface area contributed by atoms with Gasteiger partial charge in [0.15, 0.2) is 0 Å². The van der Waals surface area contributed by atoms with Crippen LogP contribution in [0.5, 0.6) is 5.75 Å². The lowest BCUT2D eigenvalue weighted by Gasteiger charge is -2.08. The third-order valence-corrected chi connectivity index (χ3v) is 3.24. The largest absolute Gasteiger partial charge is 0.426 e. The van der Waals surface area contributed by atoms with Gasteiger partial charge >= 0.3 is 5.97 Å². The number of benzene rings is 1. The summed E-state index contributed by atoms with van der Waals surface area (Å²) >= 11 is 0. The molecule has 5 heteroatoms. The normalized spacial score (nSPS) is 12.8. The number of nitrogens with zero attached hydrogens (tertiary/aromatic N) is 1. The lowest BCUT2D eigenvalue weighted by Crippen LogP contribution is -2.11. The fourth-order valence-electron chi connectivity index (χ4n) is 1.46. The summed E-state index contributed by atoms with van der Waals surface area (Å²) in [6, 6.07) is 6.79. The van der Waals surface area contributed by atoms with E-state index in [0.29, 0.717) is 23.8 Å². The van der Waals surface area contributed by atoms with Gasteiger partial charge in [-0.15, -0.1) is 0 Å². The lowest BCUT2D eigenvalue weighted by atomic mass is 10.1. The summed E-state index contributed by atoms with van der Waals surface area (Å²) in [7, 11) is -2.21. The van der Waals surface area contributed by atoms with Gasteiger partial charge in [-0.1, -0.05) is 26.3 Å². The van der Waals surface area contributed by atoms with Crippen LogP contribution in [-0.2, 0) is 14.5 Å². The smallest absolute Gasteiger partial charge is 0.311 e. The van der Waals surface area contributed by atoms with Crippen LogP contribution < -0.4 is 4.74 Å². The molecule has 19 heavy (non-hydrogen) atoms. The number of hydrogen-bond donors (Lipinski definition) is 0. The van der Waals surface area contributed by atoms with Gasteiger partial charge in [0.1, 0.15) is 5.75 Å². The molecule has 1 aromatic carbocycles. The Hall–Kier alpha value is -1.36. The highest BCUT2D eigenvalue weighted by molar-refractivity contribution is 7.92. The maximum atomic E-state index is 11.7. The fourth-order valence-corrected chi connectivity index (χ4v) is 2.08. The molecule has 0 spiro atoms. The summed E-state index contributed by atoms with van der Waals surface area (Å²) in [6.45, 7) is 4.05. The number of esters is 1. The fraction of sp³-hybridized carbons (Fsp3) is 0.500. The minimum absolute atomic E-state index is 0.250. The van der Waals surface area contributed by atoms with Gasteiger partial charge in [-0.3, -0.25) is 4.79 Å². The Labute approximate surface area is 115 Å². The number of ether oxygens (including phenoxy) is 1. The molecule has 0 unspecified atom stereocenters. The first-order valence-corrected chi connectivity index (χ1v) is 8.61. The summed E-state index contributed by atoms with van der Waals surface area (Å²) in [5.41, 5.74) is 0.559. The van der Waals surface area contributed by atoms with Crippen molar-refractivity contribution >= 4 is 21.4 Å². The Morgan fingerprint density at radius 1 is 1.42 bits per heavy atom. The van der Waals surface area contributed by atoms with Crippen LogP contribution in [-0.4, -0.2) is 22.7 Å². The lowest BCUT2D eigenvalue weighted by molar-refractivity contribution is -0.135.